The number of carbonyl (C=O) groups is 1. The fourth-order valence-corrected chi connectivity index (χ4v) is 4.18. The summed E-state index contributed by atoms with van der Waals surface area (Å²) in [5.74, 6) is -0.158. The standard InChI is InChI=1S/C23H22F3N5O/c1-14-10-18(11-20(19(14)12-27)23(24,25)26)29-16-3-5-17(6-4-16)30-22(32)15-2-7-21-28-8-9-31(21)13-15/h2,7-11,13,16-17,29H,3-6H2,1H3,(H,30,32)/t16-,17+. The summed E-state index contributed by atoms with van der Waals surface area (Å²) in [6.45, 7) is 1.51. The highest BCUT2D eigenvalue weighted by Gasteiger charge is 2.35. The maximum atomic E-state index is 13.3. The second-order valence-electron chi connectivity index (χ2n) is 8.10. The highest BCUT2D eigenvalue weighted by atomic mass is 19.4. The van der Waals surface area contributed by atoms with Gasteiger partial charge in [-0.2, -0.15) is 18.4 Å². The second-order valence-corrected chi connectivity index (χ2v) is 8.10. The molecule has 2 heterocycles. The first-order valence-corrected chi connectivity index (χ1v) is 10.4. The molecule has 1 amide bonds. The molecule has 1 aromatic carbocycles. The Morgan fingerprint density at radius 3 is 2.59 bits per heavy atom. The number of imidazole rings is 1. The van der Waals surface area contributed by atoms with Gasteiger partial charge in [-0.3, -0.25) is 4.79 Å². The van der Waals surface area contributed by atoms with Gasteiger partial charge in [0, 0.05) is 36.4 Å². The van der Waals surface area contributed by atoms with Crippen LogP contribution in [0.4, 0.5) is 18.9 Å². The van der Waals surface area contributed by atoms with Crippen LogP contribution in [0.5, 0.6) is 0 Å². The van der Waals surface area contributed by atoms with E-state index >= 15 is 0 Å². The number of rotatable bonds is 4. The SMILES string of the molecule is Cc1cc(N[C@H]2CC[C@@H](NC(=O)c3ccc4nccn4c3)CC2)cc(C(F)(F)F)c1C#N. The number of pyridine rings is 1. The average molecular weight is 441 g/mol. The van der Waals surface area contributed by atoms with E-state index < -0.39 is 11.7 Å². The average Bonchev–Trinajstić information content (AvgIpc) is 3.22. The minimum absolute atomic E-state index is 0.00105. The number of nitrogens with zero attached hydrogens (tertiary/aromatic N) is 3. The number of hydrogen-bond acceptors (Lipinski definition) is 4. The lowest BCUT2D eigenvalue weighted by atomic mass is 9.90. The molecule has 6 nitrogen and oxygen atoms in total. The Morgan fingerprint density at radius 2 is 1.91 bits per heavy atom. The molecule has 0 bridgehead atoms. The molecule has 3 aromatic rings. The Morgan fingerprint density at radius 1 is 1.19 bits per heavy atom. The molecule has 2 N–H and O–H groups in total. The number of nitriles is 1. The molecule has 0 radical (unpaired) electrons. The van der Waals surface area contributed by atoms with Gasteiger partial charge in [0.15, 0.2) is 0 Å². The lowest BCUT2D eigenvalue weighted by Crippen LogP contribution is -2.40. The van der Waals surface area contributed by atoms with Crippen molar-refractivity contribution in [3.8, 4) is 6.07 Å². The number of alkyl halides is 3. The van der Waals surface area contributed by atoms with Gasteiger partial charge in [0.05, 0.1) is 16.7 Å². The van der Waals surface area contributed by atoms with Crippen molar-refractivity contribution >= 4 is 17.2 Å². The molecule has 32 heavy (non-hydrogen) atoms. The van der Waals surface area contributed by atoms with Crippen LogP contribution in [0.25, 0.3) is 5.65 Å². The molecule has 0 saturated heterocycles. The predicted octanol–water partition coefficient (Wildman–Crippen LogP) is 4.69. The zero-order valence-corrected chi connectivity index (χ0v) is 17.4. The summed E-state index contributed by atoms with van der Waals surface area (Å²) in [5.41, 5.74) is 0.695. The Hall–Kier alpha value is -3.54. The van der Waals surface area contributed by atoms with Crippen molar-refractivity contribution in [1.82, 2.24) is 14.7 Å². The lowest BCUT2D eigenvalue weighted by Gasteiger charge is -2.30. The zero-order chi connectivity index (χ0) is 22.9. The molecule has 0 atom stereocenters. The van der Waals surface area contributed by atoms with Crippen LogP contribution in [-0.4, -0.2) is 27.4 Å². The number of aromatic nitrogens is 2. The summed E-state index contributed by atoms with van der Waals surface area (Å²) in [4.78, 5) is 16.7. The van der Waals surface area contributed by atoms with Crippen molar-refractivity contribution in [2.24, 2.45) is 0 Å². The van der Waals surface area contributed by atoms with Crippen LogP contribution in [0.15, 0.2) is 42.9 Å². The number of fused-ring (bicyclic) bond motifs is 1. The van der Waals surface area contributed by atoms with E-state index in [-0.39, 0.29) is 23.6 Å². The van der Waals surface area contributed by atoms with Crippen LogP contribution in [0, 0.1) is 18.3 Å². The highest BCUT2D eigenvalue weighted by molar-refractivity contribution is 5.94. The third-order valence-corrected chi connectivity index (χ3v) is 5.84. The van der Waals surface area contributed by atoms with Gasteiger partial charge in [0.1, 0.15) is 11.7 Å². The maximum absolute atomic E-state index is 13.3. The summed E-state index contributed by atoms with van der Waals surface area (Å²) in [5, 5.41) is 15.3. The molecule has 0 aliphatic heterocycles. The molecule has 1 saturated carbocycles. The molecule has 1 aliphatic rings. The fourth-order valence-electron chi connectivity index (χ4n) is 4.18. The number of halogens is 3. The normalized spacial score (nSPS) is 18.8. The number of amides is 1. The van der Waals surface area contributed by atoms with Gasteiger partial charge < -0.3 is 15.0 Å². The molecule has 0 spiro atoms. The summed E-state index contributed by atoms with van der Waals surface area (Å²) < 4.78 is 41.8. The highest BCUT2D eigenvalue weighted by Crippen LogP contribution is 2.36. The first kappa shape index (κ1) is 21.7. The lowest BCUT2D eigenvalue weighted by molar-refractivity contribution is -0.137. The monoisotopic (exact) mass is 441 g/mol. The van der Waals surface area contributed by atoms with Gasteiger partial charge in [-0.25, -0.2) is 4.98 Å². The van der Waals surface area contributed by atoms with E-state index in [1.165, 1.54) is 6.92 Å². The Balaban J connectivity index is 1.36. The van der Waals surface area contributed by atoms with Crippen molar-refractivity contribution in [1.29, 1.82) is 5.26 Å². The van der Waals surface area contributed by atoms with Gasteiger partial charge in [0.25, 0.3) is 5.91 Å². The number of anilines is 1. The molecule has 1 aliphatic carbocycles. The van der Waals surface area contributed by atoms with Crippen molar-refractivity contribution < 1.29 is 18.0 Å². The molecular formula is C23H22F3N5O. The van der Waals surface area contributed by atoms with Gasteiger partial charge >= 0.3 is 6.18 Å². The number of nitrogens with one attached hydrogen (secondary N) is 2. The van der Waals surface area contributed by atoms with Crippen LogP contribution in [0.3, 0.4) is 0 Å². The molecule has 4 rings (SSSR count). The molecular weight excluding hydrogens is 419 g/mol. The summed E-state index contributed by atoms with van der Waals surface area (Å²) >= 11 is 0. The number of aryl methyl sites for hydroxylation is 1. The largest absolute Gasteiger partial charge is 0.417 e. The van der Waals surface area contributed by atoms with Crippen molar-refractivity contribution in [3.63, 3.8) is 0 Å². The van der Waals surface area contributed by atoms with Gasteiger partial charge in [0.2, 0.25) is 0 Å². The van der Waals surface area contributed by atoms with E-state index in [2.05, 4.69) is 15.6 Å². The van der Waals surface area contributed by atoms with E-state index in [1.807, 2.05) is 0 Å². The van der Waals surface area contributed by atoms with E-state index in [0.29, 0.717) is 29.7 Å². The third kappa shape index (κ3) is 4.54. The van der Waals surface area contributed by atoms with Crippen LogP contribution in [0.2, 0.25) is 0 Å². The van der Waals surface area contributed by atoms with E-state index in [9.17, 15) is 18.0 Å². The van der Waals surface area contributed by atoms with Gasteiger partial charge in [-0.05, 0) is 62.4 Å². The van der Waals surface area contributed by atoms with Crippen LogP contribution in [-0.2, 0) is 6.18 Å². The zero-order valence-electron chi connectivity index (χ0n) is 17.4. The van der Waals surface area contributed by atoms with Crippen LogP contribution >= 0.6 is 0 Å². The van der Waals surface area contributed by atoms with E-state index in [0.717, 1.165) is 24.6 Å². The summed E-state index contributed by atoms with van der Waals surface area (Å²) in [7, 11) is 0. The van der Waals surface area contributed by atoms with E-state index in [1.54, 1.807) is 47.3 Å². The van der Waals surface area contributed by atoms with Gasteiger partial charge in [-0.15, -0.1) is 0 Å². The first-order valence-electron chi connectivity index (χ1n) is 10.4. The Bertz CT molecular complexity index is 1190. The summed E-state index contributed by atoms with van der Waals surface area (Å²) in [6.07, 6.45) is 3.45. The summed E-state index contributed by atoms with van der Waals surface area (Å²) in [6, 6.07) is 7.76. The van der Waals surface area contributed by atoms with Crippen molar-refractivity contribution in [2.45, 2.75) is 50.9 Å². The quantitative estimate of drug-likeness (QED) is 0.616. The second kappa shape index (κ2) is 8.54. The van der Waals surface area contributed by atoms with Gasteiger partial charge in [-0.1, -0.05) is 0 Å². The molecule has 9 heteroatoms. The molecule has 2 aromatic heterocycles. The molecule has 166 valence electrons. The number of benzene rings is 1. The van der Waals surface area contributed by atoms with Crippen LogP contribution in [0.1, 0.15) is 52.7 Å². The predicted molar refractivity (Wildman–Crippen MR) is 113 cm³/mol. The maximum Gasteiger partial charge on any atom is 0.417 e. The molecule has 0 unspecified atom stereocenters. The van der Waals surface area contributed by atoms with Crippen LogP contribution < -0.4 is 10.6 Å². The Labute approximate surface area is 183 Å². The first-order chi connectivity index (χ1) is 15.2. The fraction of sp³-hybridized carbons (Fsp3) is 0.348. The topological polar surface area (TPSA) is 82.2 Å². The Kier molecular flexibility index (Phi) is 5.78. The smallest absolute Gasteiger partial charge is 0.382 e. The number of hydrogen-bond donors (Lipinski definition) is 2. The molecule has 1 fully saturated rings. The third-order valence-electron chi connectivity index (χ3n) is 5.84. The minimum atomic E-state index is -4.59. The van der Waals surface area contributed by atoms with Crippen molar-refractivity contribution in [2.75, 3.05) is 5.32 Å². The minimum Gasteiger partial charge on any atom is -0.382 e. The van der Waals surface area contributed by atoms with E-state index in [4.69, 9.17) is 5.26 Å². The number of carbonyl (C=O) groups excluding carboxylic acids is 1. The van der Waals surface area contributed by atoms with Crippen molar-refractivity contribution in [3.05, 3.63) is 65.1 Å².